The molecule has 7 heteroatoms. The standard InChI is InChI=1S/C12H8FN3O3/c13-11-2-1-9(16(18)19)7-10(11)12(17)15-8-3-5-14-6-4-8/h1-7H,(H,14,15,17). The van der Waals surface area contributed by atoms with Gasteiger partial charge in [0.15, 0.2) is 0 Å². The van der Waals surface area contributed by atoms with Gasteiger partial charge in [-0.25, -0.2) is 4.39 Å². The molecule has 96 valence electrons. The summed E-state index contributed by atoms with van der Waals surface area (Å²) >= 11 is 0. The van der Waals surface area contributed by atoms with Gasteiger partial charge in [-0.3, -0.25) is 19.9 Å². The molecule has 0 bridgehead atoms. The third-order valence-electron chi connectivity index (χ3n) is 2.34. The van der Waals surface area contributed by atoms with Gasteiger partial charge in [-0.05, 0) is 18.2 Å². The fraction of sp³-hybridized carbons (Fsp3) is 0. The lowest BCUT2D eigenvalue weighted by Crippen LogP contribution is -2.14. The second-order valence-corrected chi connectivity index (χ2v) is 3.61. The summed E-state index contributed by atoms with van der Waals surface area (Å²) in [6.07, 6.45) is 2.92. The minimum atomic E-state index is -0.822. The molecule has 19 heavy (non-hydrogen) atoms. The van der Waals surface area contributed by atoms with Crippen LogP contribution in [0.15, 0.2) is 42.7 Å². The molecule has 1 heterocycles. The monoisotopic (exact) mass is 261 g/mol. The summed E-state index contributed by atoms with van der Waals surface area (Å²) in [6, 6.07) is 5.82. The van der Waals surface area contributed by atoms with Gasteiger partial charge in [0.25, 0.3) is 11.6 Å². The van der Waals surface area contributed by atoms with Gasteiger partial charge in [-0.15, -0.1) is 0 Å². The highest BCUT2D eigenvalue weighted by molar-refractivity contribution is 6.04. The molecule has 1 amide bonds. The Labute approximate surface area is 107 Å². The molecule has 1 aromatic carbocycles. The van der Waals surface area contributed by atoms with Crippen molar-refractivity contribution in [2.75, 3.05) is 5.32 Å². The molecular formula is C12H8FN3O3. The van der Waals surface area contributed by atoms with Crippen LogP contribution in [0.2, 0.25) is 0 Å². The molecule has 0 aliphatic carbocycles. The number of non-ortho nitro benzene ring substituents is 1. The van der Waals surface area contributed by atoms with E-state index in [0.29, 0.717) is 5.69 Å². The molecule has 6 nitrogen and oxygen atoms in total. The van der Waals surface area contributed by atoms with E-state index in [9.17, 15) is 19.3 Å². The number of nitro benzene ring substituents is 1. The van der Waals surface area contributed by atoms with Gasteiger partial charge in [-0.2, -0.15) is 0 Å². The van der Waals surface area contributed by atoms with Crippen molar-refractivity contribution in [1.29, 1.82) is 0 Å². The van der Waals surface area contributed by atoms with Crippen LogP contribution >= 0.6 is 0 Å². The van der Waals surface area contributed by atoms with Crippen LogP contribution in [0.5, 0.6) is 0 Å². The van der Waals surface area contributed by atoms with E-state index in [0.717, 1.165) is 18.2 Å². The number of hydrogen-bond donors (Lipinski definition) is 1. The van der Waals surface area contributed by atoms with Crippen LogP contribution in [0.4, 0.5) is 15.8 Å². The van der Waals surface area contributed by atoms with Crippen LogP contribution in [0.25, 0.3) is 0 Å². The fourth-order valence-corrected chi connectivity index (χ4v) is 1.43. The molecule has 0 atom stereocenters. The minimum Gasteiger partial charge on any atom is -0.322 e. The number of aromatic nitrogens is 1. The van der Waals surface area contributed by atoms with Crippen molar-refractivity contribution in [2.24, 2.45) is 0 Å². The van der Waals surface area contributed by atoms with Crippen LogP contribution in [0.3, 0.4) is 0 Å². The first-order valence-corrected chi connectivity index (χ1v) is 5.23. The molecule has 1 aromatic heterocycles. The molecule has 0 saturated heterocycles. The zero-order valence-corrected chi connectivity index (χ0v) is 9.54. The second-order valence-electron chi connectivity index (χ2n) is 3.61. The lowest BCUT2D eigenvalue weighted by molar-refractivity contribution is -0.384. The predicted octanol–water partition coefficient (Wildman–Crippen LogP) is 2.38. The molecule has 0 saturated carbocycles. The Hall–Kier alpha value is -2.83. The van der Waals surface area contributed by atoms with Gasteiger partial charge in [0.05, 0.1) is 10.5 Å². The number of carbonyl (C=O) groups is 1. The van der Waals surface area contributed by atoms with Crippen LogP contribution in [-0.4, -0.2) is 15.8 Å². The zero-order chi connectivity index (χ0) is 13.8. The number of amides is 1. The number of halogens is 1. The highest BCUT2D eigenvalue weighted by Crippen LogP contribution is 2.18. The van der Waals surface area contributed by atoms with E-state index >= 15 is 0 Å². The minimum absolute atomic E-state index is 0.346. The van der Waals surface area contributed by atoms with Crippen molar-refractivity contribution in [2.45, 2.75) is 0 Å². The molecule has 0 spiro atoms. The number of nitro groups is 1. The Morgan fingerprint density at radius 3 is 2.58 bits per heavy atom. The van der Waals surface area contributed by atoms with E-state index in [1.807, 2.05) is 0 Å². The predicted molar refractivity (Wildman–Crippen MR) is 65.2 cm³/mol. The lowest BCUT2D eigenvalue weighted by Gasteiger charge is -2.05. The number of hydrogen-bond acceptors (Lipinski definition) is 4. The lowest BCUT2D eigenvalue weighted by atomic mass is 10.1. The molecule has 2 rings (SSSR count). The fourth-order valence-electron chi connectivity index (χ4n) is 1.43. The summed E-state index contributed by atoms with van der Waals surface area (Å²) in [5.74, 6) is -1.58. The number of rotatable bonds is 3. The van der Waals surface area contributed by atoms with E-state index in [2.05, 4.69) is 10.3 Å². The van der Waals surface area contributed by atoms with E-state index in [4.69, 9.17) is 0 Å². The molecule has 0 radical (unpaired) electrons. The van der Waals surface area contributed by atoms with Gasteiger partial charge in [-0.1, -0.05) is 0 Å². The number of anilines is 1. The average molecular weight is 261 g/mol. The first-order chi connectivity index (χ1) is 9.08. The van der Waals surface area contributed by atoms with E-state index in [-0.39, 0.29) is 11.3 Å². The average Bonchev–Trinajstić information content (AvgIpc) is 2.40. The molecule has 2 aromatic rings. The van der Waals surface area contributed by atoms with Crippen molar-refractivity contribution < 1.29 is 14.1 Å². The highest BCUT2D eigenvalue weighted by Gasteiger charge is 2.16. The summed E-state index contributed by atoms with van der Waals surface area (Å²) in [5.41, 5.74) is -0.307. The van der Waals surface area contributed by atoms with Gasteiger partial charge in [0.2, 0.25) is 0 Å². The van der Waals surface area contributed by atoms with Crippen molar-refractivity contribution in [3.8, 4) is 0 Å². The molecule has 0 fully saturated rings. The van der Waals surface area contributed by atoms with E-state index in [1.165, 1.54) is 24.5 Å². The van der Waals surface area contributed by atoms with Crippen molar-refractivity contribution in [1.82, 2.24) is 4.98 Å². The van der Waals surface area contributed by atoms with Crippen molar-refractivity contribution in [3.05, 3.63) is 64.2 Å². The number of carbonyl (C=O) groups excluding carboxylic acids is 1. The highest BCUT2D eigenvalue weighted by atomic mass is 19.1. The normalized spacial score (nSPS) is 9.95. The topological polar surface area (TPSA) is 85.1 Å². The van der Waals surface area contributed by atoms with Gasteiger partial charge in [0, 0.05) is 30.2 Å². The summed E-state index contributed by atoms with van der Waals surface area (Å²) in [5, 5.41) is 13.0. The maximum absolute atomic E-state index is 13.5. The summed E-state index contributed by atoms with van der Waals surface area (Å²) in [7, 11) is 0. The molecule has 0 unspecified atom stereocenters. The number of pyridine rings is 1. The zero-order valence-electron chi connectivity index (χ0n) is 9.54. The van der Waals surface area contributed by atoms with Crippen LogP contribution in [-0.2, 0) is 0 Å². The quantitative estimate of drug-likeness (QED) is 0.679. The van der Waals surface area contributed by atoms with Gasteiger partial charge < -0.3 is 5.32 Å². The Balaban J connectivity index is 2.28. The number of nitrogens with one attached hydrogen (secondary N) is 1. The summed E-state index contributed by atoms with van der Waals surface area (Å²) < 4.78 is 13.5. The third-order valence-corrected chi connectivity index (χ3v) is 2.34. The first kappa shape index (κ1) is 12.6. The van der Waals surface area contributed by atoms with E-state index < -0.39 is 16.6 Å². The Bertz CT molecular complexity index is 631. The van der Waals surface area contributed by atoms with Crippen LogP contribution < -0.4 is 5.32 Å². The first-order valence-electron chi connectivity index (χ1n) is 5.23. The molecule has 1 N–H and O–H groups in total. The number of benzene rings is 1. The Kier molecular flexibility index (Phi) is 3.46. The summed E-state index contributed by atoms with van der Waals surface area (Å²) in [4.78, 5) is 25.5. The smallest absolute Gasteiger partial charge is 0.270 e. The molecule has 0 aliphatic rings. The van der Waals surface area contributed by atoms with Crippen molar-refractivity contribution in [3.63, 3.8) is 0 Å². The van der Waals surface area contributed by atoms with Gasteiger partial charge in [0.1, 0.15) is 5.82 Å². The summed E-state index contributed by atoms with van der Waals surface area (Å²) in [6.45, 7) is 0. The van der Waals surface area contributed by atoms with Gasteiger partial charge >= 0.3 is 0 Å². The van der Waals surface area contributed by atoms with E-state index in [1.54, 1.807) is 0 Å². The maximum Gasteiger partial charge on any atom is 0.270 e. The van der Waals surface area contributed by atoms with Crippen LogP contribution in [0, 0.1) is 15.9 Å². The maximum atomic E-state index is 13.5. The number of nitrogens with zero attached hydrogens (tertiary/aromatic N) is 2. The second kappa shape index (κ2) is 5.21. The third kappa shape index (κ3) is 2.89. The Morgan fingerprint density at radius 1 is 1.26 bits per heavy atom. The van der Waals surface area contributed by atoms with Crippen molar-refractivity contribution >= 4 is 17.3 Å². The molecular weight excluding hydrogens is 253 g/mol. The largest absolute Gasteiger partial charge is 0.322 e. The van der Waals surface area contributed by atoms with Crippen LogP contribution in [0.1, 0.15) is 10.4 Å². The molecule has 0 aliphatic heterocycles. The SMILES string of the molecule is O=C(Nc1ccncc1)c1cc([N+](=O)[O-])ccc1F. The Morgan fingerprint density at radius 2 is 1.95 bits per heavy atom.